The number of anilines is 1. The number of carbonyl (C=O) groups excluding carboxylic acids is 2. The summed E-state index contributed by atoms with van der Waals surface area (Å²) in [5.41, 5.74) is 2.67. The van der Waals surface area contributed by atoms with Gasteiger partial charge in [0.1, 0.15) is 17.5 Å². The number of nitrogens with one attached hydrogen (secondary N) is 1. The molecule has 0 bridgehead atoms. The fraction of sp³-hybridized carbons (Fsp3) is 0.310. The molecule has 10 heteroatoms. The van der Waals surface area contributed by atoms with E-state index in [1.54, 1.807) is 55.4 Å². The molecule has 2 aromatic carbocycles. The summed E-state index contributed by atoms with van der Waals surface area (Å²) in [4.78, 5) is 34.0. The molecule has 202 valence electrons. The molecule has 0 spiro atoms. The minimum absolute atomic E-state index is 0.136. The Labute approximate surface area is 226 Å². The van der Waals surface area contributed by atoms with Crippen LogP contribution in [0.4, 0.5) is 14.9 Å². The summed E-state index contributed by atoms with van der Waals surface area (Å²) in [6, 6.07) is 15.3. The average Bonchev–Trinajstić information content (AvgIpc) is 2.95. The lowest BCUT2D eigenvalue weighted by atomic mass is 9.99. The molecule has 1 aliphatic heterocycles. The van der Waals surface area contributed by atoms with Crippen LogP contribution >= 0.6 is 0 Å². The number of rotatable bonds is 6. The highest BCUT2D eigenvalue weighted by Gasteiger charge is 2.34. The van der Waals surface area contributed by atoms with Gasteiger partial charge in [0, 0.05) is 37.0 Å². The van der Waals surface area contributed by atoms with Crippen molar-refractivity contribution < 1.29 is 23.8 Å². The van der Waals surface area contributed by atoms with Crippen molar-refractivity contribution in [2.75, 3.05) is 32.1 Å². The summed E-state index contributed by atoms with van der Waals surface area (Å²) in [5, 5.41) is 21.7. The van der Waals surface area contributed by atoms with E-state index in [1.807, 2.05) is 6.92 Å². The molecule has 39 heavy (non-hydrogen) atoms. The highest BCUT2D eigenvalue weighted by atomic mass is 19.1. The van der Waals surface area contributed by atoms with Crippen LogP contribution in [0.15, 0.2) is 60.8 Å². The highest BCUT2D eigenvalue weighted by Crippen LogP contribution is 2.30. The Morgan fingerprint density at radius 2 is 1.95 bits per heavy atom. The number of halogens is 1. The summed E-state index contributed by atoms with van der Waals surface area (Å²) < 4.78 is 19.5. The molecule has 1 aliphatic rings. The Balaban J connectivity index is 1.62. The second kappa shape index (κ2) is 11.9. The molecule has 3 atom stereocenters. The number of hydrogen-bond donors (Lipinski definition) is 2. The topological polar surface area (TPSA) is 119 Å². The van der Waals surface area contributed by atoms with Crippen molar-refractivity contribution in [3.05, 3.63) is 77.7 Å². The number of fused-ring (bicyclic) bond motifs is 1. The lowest BCUT2D eigenvalue weighted by Gasteiger charge is -2.37. The highest BCUT2D eigenvalue weighted by molar-refractivity contribution is 5.98. The zero-order chi connectivity index (χ0) is 28.1. The van der Waals surface area contributed by atoms with Crippen LogP contribution in [-0.4, -0.2) is 70.7 Å². The molecule has 3 aromatic rings. The number of ether oxygens (including phenoxy) is 1. The van der Waals surface area contributed by atoms with Gasteiger partial charge in [-0.3, -0.25) is 4.79 Å². The number of aliphatic hydroxyl groups excluding tert-OH is 1. The smallest absolute Gasteiger partial charge is 0.321 e. The molecule has 0 saturated carbocycles. The summed E-state index contributed by atoms with van der Waals surface area (Å²) in [6.45, 7) is 3.93. The molecular weight excluding hydrogens is 501 g/mol. The van der Waals surface area contributed by atoms with Gasteiger partial charge in [0.2, 0.25) is 5.88 Å². The number of nitriles is 1. The first-order chi connectivity index (χ1) is 18.7. The van der Waals surface area contributed by atoms with Gasteiger partial charge < -0.3 is 25.0 Å². The largest absolute Gasteiger partial charge is 0.472 e. The van der Waals surface area contributed by atoms with E-state index in [2.05, 4.69) is 16.4 Å². The van der Waals surface area contributed by atoms with Crippen LogP contribution in [0.2, 0.25) is 0 Å². The van der Waals surface area contributed by atoms with Gasteiger partial charge in [-0.25, -0.2) is 14.2 Å². The molecule has 0 aliphatic carbocycles. The molecule has 0 fully saturated rings. The third kappa shape index (κ3) is 6.33. The minimum Gasteiger partial charge on any atom is -0.472 e. The second-order valence-electron chi connectivity index (χ2n) is 9.71. The average molecular weight is 532 g/mol. The minimum atomic E-state index is -0.525. The maximum absolute atomic E-state index is 13.6. The van der Waals surface area contributed by atoms with Gasteiger partial charge >= 0.3 is 6.03 Å². The molecule has 9 nitrogen and oxygen atoms in total. The molecule has 1 unspecified atom stereocenters. The maximum Gasteiger partial charge on any atom is 0.321 e. The second-order valence-corrected chi connectivity index (χ2v) is 9.71. The van der Waals surface area contributed by atoms with Crippen molar-refractivity contribution in [1.82, 2.24) is 14.8 Å². The fourth-order valence-corrected chi connectivity index (χ4v) is 4.32. The van der Waals surface area contributed by atoms with Gasteiger partial charge in [-0.1, -0.05) is 19.1 Å². The predicted octanol–water partition coefficient (Wildman–Crippen LogP) is 4.14. The zero-order valence-corrected chi connectivity index (χ0v) is 22.0. The Kier molecular flexibility index (Phi) is 8.42. The number of pyridine rings is 1. The number of amides is 3. The summed E-state index contributed by atoms with van der Waals surface area (Å²) >= 11 is 0. The lowest BCUT2D eigenvalue weighted by Crippen LogP contribution is -2.50. The molecule has 0 radical (unpaired) electrons. The van der Waals surface area contributed by atoms with Gasteiger partial charge in [-0.2, -0.15) is 5.26 Å². The first-order valence-corrected chi connectivity index (χ1v) is 12.6. The number of aromatic nitrogens is 1. The van der Waals surface area contributed by atoms with E-state index in [4.69, 9.17) is 10.00 Å². The normalized spacial score (nSPS) is 17.6. The molecule has 0 saturated heterocycles. The van der Waals surface area contributed by atoms with Crippen molar-refractivity contribution in [1.29, 1.82) is 5.26 Å². The summed E-state index contributed by atoms with van der Waals surface area (Å²) in [5.74, 6) is -0.793. The van der Waals surface area contributed by atoms with E-state index in [9.17, 15) is 19.1 Å². The van der Waals surface area contributed by atoms with Crippen LogP contribution in [0.3, 0.4) is 0 Å². The third-order valence-corrected chi connectivity index (χ3v) is 6.76. The van der Waals surface area contributed by atoms with Gasteiger partial charge in [-0.15, -0.1) is 0 Å². The van der Waals surface area contributed by atoms with Crippen LogP contribution in [0, 0.1) is 23.1 Å². The van der Waals surface area contributed by atoms with E-state index in [1.165, 1.54) is 29.2 Å². The molecule has 4 rings (SSSR count). The van der Waals surface area contributed by atoms with Crippen LogP contribution in [-0.2, 0) is 0 Å². The predicted molar refractivity (Wildman–Crippen MR) is 144 cm³/mol. The Bertz CT molecular complexity index is 1370. The number of benzene rings is 2. The number of urea groups is 1. The Morgan fingerprint density at radius 3 is 2.59 bits per heavy atom. The zero-order valence-electron chi connectivity index (χ0n) is 22.0. The molecular formula is C29H30FN5O4. The summed E-state index contributed by atoms with van der Waals surface area (Å²) in [7, 11) is 1.62. The van der Waals surface area contributed by atoms with E-state index < -0.39 is 24.0 Å². The molecule has 2 N–H and O–H groups in total. The van der Waals surface area contributed by atoms with Crippen LogP contribution in [0.5, 0.6) is 5.88 Å². The number of carbonyl (C=O) groups is 2. The number of nitrogens with zero attached hydrogens (tertiary/aromatic N) is 4. The Hall–Kier alpha value is -4.49. The van der Waals surface area contributed by atoms with E-state index in [-0.39, 0.29) is 36.4 Å². The van der Waals surface area contributed by atoms with Crippen molar-refractivity contribution in [2.24, 2.45) is 5.92 Å². The van der Waals surface area contributed by atoms with Gasteiger partial charge in [-0.05, 0) is 55.0 Å². The van der Waals surface area contributed by atoms with Crippen LogP contribution in [0.1, 0.15) is 29.8 Å². The van der Waals surface area contributed by atoms with Gasteiger partial charge in [0.05, 0.1) is 30.8 Å². The monoisotopic (exact) mass is 531 g/mol. The lowest BCUT2D eigenvalue weighted by molar-refractivity contribution is 0.0356. The third-order valence-electron chi connectivity index (χ3n) is 6.76. The van der Waals surface area contributed by atoms with Crippen molar-refractivity contribution in [3.63, 3.8) is 0 Å². The SMILES string of the molecule is CC(CO)N1C[C@H](C)[C@H](CN(C)C(=O)Nc2ccc(F)cc2)Oc2ncc(-c3ccc(C#N)cc3)cc2C1=O. The first-order valence-electron chi connectivity index (χ1n) is 12.6. The first kappa shape index (κ1) is 27.5. The van der Waals surface area contributed by atoms with Gasteiger partial charge in [0.25, 0.3) is 5.91 Å². The number of aliphatic hydroxyl groups is 1. The number of hydrogen-bond acceptors (Lipinski definition) is 6. The van der Waals surface area contributed by atoms with Gasteiger partial charge in [0.15, 0.2) is 0 Å². The van der Waals surface area contributed by atoms with Crippen LogP contribution in [0.25, 0.3) is 11.1 Å². The fourth-order valence-electron chi connectivity index (χ4n) is 4.32. The Morgan fingerprint density at radius 1 is 1.26 bits per heavy atom. The maximum atomic E-state index is 13.6. The number of likely N-dealkylation sites (N-methyl/N-ethyl adjacent to an activating group) is 1. The summed E-state index contributed by atoms with van der Waals surface area (Å²) in [6.07, 6.45) is 1.07. The molecule has 2 heterocycles. The molecule has 3 amide bonds. The van der Waals surface area contributed by atoms with Crippen molar-refractivity contribution in [2.45, 2.75) is 26.0 Å². The standard InChI is InChI=1S/C29H30FN5O4/c1-18-15-35(19(2)17-36)28(37)25-12-22(21-6-4-20(13-31)5-7-21)14-32-27(25)39-26(18)16-34(3)29(38)33-24-10-8-23(30)9-11-24/h4-12,14,18-19,26,36H,15-17H2,1-3H3,(H,33,38)/t18-,19?,26-/m0/s1. The van der Waals surface area contributed by atoms with E-state index in [0.29, 0.717) is 23.4 Å². The van der Waals surface area contributed by atoms with E-state index >= 15 is 0 Å². The quantitative estimate of drug-likeness (QED) is 0.494. The van der Waals surface area contributed by atoms with Crippen molar-refractivity contribution in [3.8, 4) is 23.1 Å². The molecule has 1 aromatic heterocycles. The van der Waals surface area contributed by atoms with Crippen LogP contribution < -0.4 is 10.1 Å². The van der Waals surface area contributed by atoms with Crippen molar-refractivity contribution >= 4 is 17.6 Å². The van der Waals surface area contributed by atoms with E-state index in [0.717, 1.165) is 5.56 Å².